The van der Waals surface area contributed by atoms with Crippen molar-refractivity contribution in [3.63, 3.8) is 0 Å². The predicted octanol–water partition coefficient (Wildman–Crippen LogP) is 4.78. The Kier molecular flexibility index (Phi) is 5.40. The zero-order valence-corrected chi connectivity index (χ0v) is 20.4. The summed E-state index contributed by atoms with van der Waals surface area (Å²) in [6, 6.07) is 17.6. The van der Waals surface area contributed by atoms with Crippen molar-refractivity contribution >= 4 is 27.6 Å². The van der Waals surface area contributed by atoms with Crippen LogP contribution in [0.15, 0.2) is 71.8 Å². The number of hydrogen-bond acceptors (Lipinski definition) is 4. The first-order valence-corrected chi connectivity index (χ1v) is 12.3. The van der Waals surface area contributed by atoms with E-state index in [0.29, 0.717) is 10.9 Å². The normalized spacial score (nSPS) is 14.0. The monoisotopic (exact) mass is 477 g/mol. The number of amides is 1. The molecule has 7 heteroatoms. The summed E-state index contributed by atoms with van der Waals surface area (Å²) in [6.45, 7) is 1.61. The third kappa shape index (κ3) is 3.77. The topological polar surface area (TPSA) is 73.0 Å². The van der Waals surface area contributed by atoms with Crippen molar-refractivity contribution in [3.8, 4) is 22.5 Å². The molecule has 5 aromatic rings. The molecular weight excluding hydrogens is 450 g/mol. The second-order valence-corrected chi connectivity index (χ2v) is 9.51. The minimum atomic E-state index is -0.0260. The molecule has 0 spiro atoms. The van der Waals surface area contributed by atoms with Crippen LogP contribution in [-0.4, -0.2) is 43.2 Å². The maximum Gasteiger partial charge on any atom is 0.258 e. The van der Waals surface area contributed by atoms with Crippen LogP contribution < -0.4 is 5.56 Å². The zero-order chi connectivity index (χ0) is 24.8. The summed E-state index contributed by atoms with van der Waals surface area (Å²) in [6.07, 6.45) is 6.84. The van der Waals surface area contributed by atoms with E-state index in [1.807, 2.05) is 65.2 Å². The Balaban J connectivity index is 1.53. The van der Waals surface area contributed by atoms with Crippen LogP contribution in [0.25, 0.3) is 44.2 Å². The van der Waals surface area contributed by atoms with Crippen LogP contribution in [0.3, 0.4) is 0 Å². The van der Waals surface area contributed by atoms with Gasteiger partial charge in [0, 0.05) is 67.0 Å². The SMILES string of the molecule is Cn1nccc1-c1cc(-c2ccc3c(=O)n(C)ccc3c2)nc2cc(C(=O)N3CCCCC3)ccc12. The summed E-state index contributed by atoms with van der Waals surface area (Å²) in [7, 11) is 3.67. The van der Waals surface area contributed by atoms with E-state index in [9.17, 15) is 9.59 Å². The fourth-order valence-corrected chi connectivity index (χ4v) is 5.14. The van der Waals surface area contributed by atoms with Crippen LogP contribution in [0, 0.1) is 0 Å². The first kappa shape index (κ1) is 22.2. The number of fused-ring (bicyclic) bond motifs is 2. The van der Waals surface area contributed by atoms with Crippen LogP contribution in [0.5, 0.6) is 0 Å². The molecule has 0 N–H and O–H groups in total. The second-order valence-electron chi connectivity index (χ2n) is 9.51. The Hall–Kier alpha value is -4.26. The van der Waals surface area contributed by atoms with Gasteiger partial charge in [-0.25, -0.2) is 4.98 Å². The number of aryl methyl sites for hydroxylation is 2. The van der Waals surface area contributed by atoms with Gasteiger partial charge in [-0.15, -0.1) is 0 Å². The lowest BCUT2D eigenvalue weighted by Gasteiger charge is -2.26. The van der Waals surface area contributed by atoms with Crippen LogP contribution >= 0.6 is 0 Å². The molecule has 0 unspecified atom stereocenters. The van der Waals surface area contributed by atoms with Crippen LogP contribution in [0.1, 0.15) is 29.6 Å². The molecule has 0 atom stereocenters. The molecule has 36 heavy (non-hydrogen) atoms. The van der Waals surface area contributed by atoms with Crippen molar-refractivity contribution < 1.29 is 4.79 Å². The lowest BCUT2D eigenvalue weighted by Crippen LogP contribution is -2.35. The summed E-state index contributed by atoms with van der Waals surface area (Å²) < 4.78 is 3.42. The molecular formula is C29H27N5O2. The summed E-state index contributed by atoms with van der Waals surface area (Å²) in [5, 5.41) is 6.87. The average Bonchev–Trinajstić information content (AvgIpc) is 3.35. The molecule has 7 nitrogen and oxygen atoms in total. The zero-order valence-electron chi connectivity index (χ0n) is 20.4. The van der Waals surface area contributed by atoms with E-state index in [4.69, 9.17) is 4.98 Å². The Morgan fingerprint density at radius 2 is 1.69 bits per heavy atom. The van der Waals surface area contributed by atoms with E-state index in [-0.39, 0.29) is 11.5 Å². The number of nitrogens with zero attached hydrogens (tertiary/aromatic N) is 5. The third-order valence-electron chi connectivity index (χ3n) is 7.17. The first-order chi connectivity index (χ1) is 17.5. The predicted molar refractivity (Wildman–Crippen MR) is 142 cm³/mol. The molecule has 0 saturated carbocycles. The summed E-state index contributed by atoms with van der Waals surface area (Å²) >= 11 is 0. The lowest BCUT2D eigenvalue weighted by molar-refractivity contribution is 0.0724. The van der Waals surface area contributed by atoms with Crippen molar-refractivity contribution in [1.29, 1.82) is 0 Å². The number of piperidine rings is 1. The molecule has 0 aliphatic carbocycles. The quantitative estimate of drug-likeness (QED) is 0.375. The number of carbonyl (C=O) groups is 1. The van der Waals surface area contributed by atoms with Gasteiger partial charge in [0.1, 0.15) is 0 Å². The van der Waals surface area contributed by atoms with Gasteiger partial charge in [-0.3, -0.25) is 14.3 Å². The van der Waals surface area contributed by atoms with Crippen LogP contribution in [-0.2, 0) is 14.1 Å². The second kappa shape index (κ2) is 8.75. The number of benzene rings is 2. The highest BCUT2D eigenvalue weighted by Gasteiger charge is 2.20. The van der Waals surface area contributed by atoms with E-state index in [0.717, 1.165) is 64.7 Å². The molecule has 1 fully saturated rings. The number of hydrogen-bond donors (Lipinski definition) is 0. The summed E-state index contributed by atoms with van der Waals surface area (Å²) in [5.41, 5.74) is 5.05. The van der Waals surface area contributed by atoms with Gasteiger partial charge >= 0.3 is 0 Å². The largest absolute Gasteiger partial charge is 0.339 e. The van der Waals surface area contributed by atoms with Gasteiger partial charge in [-0.1, -0.05) is 12.1 Å². The van der Waals surface area contributed by atoms with Crippen molar-refractivity contribution in [2.24, 2.45) is 14.1 Å². The summed E-state index contributed by atoms with van der Waals surface area (Å²) in [4.78, 5) is 32.7. The fraction of sp³-hybridized carbons (Fsp3) is 0.241. The Morgan fingerprint density at radius 1 is 0.889 bits per heavy atom. The van der Waals surface area contributed by atoms with Gasteiger partial charge in [0.2, 0.25) is 0 Å². The minimum absolute atomic E-state index is 0.0260. The van der Waals surface area contributed by atoms with Crippen LogP contribution in [0.2, 0.25) is 0 Å². The molecule has 3 aromatic heterocycles. The Labute approximate surface area is 208 Å². The summed E-state index contributed by atoms with van der Waals surface area (Å²) in [5.74, 6) is 0.0624. The molecule has 1 saturated heterocycles. The van der Waals surface area contributed by atoms with Crippen molar-refractivity contribution in [2.45, 2.75) is 19.3 Å². The first-order valence-electron chi connectivity index (χ1n) is 12.3. The molecule has 0 bridgehead atoms. The Morgan fingerprint density at radius 3 is 2.47 bits per heavy atom. The minimum Gasteiger partial charge on any atom is -0.339 e. The maximum atomic E-state index is 13.2. The average molecular weight is 478 g/mol. The molecule has 1 aliphatic heterocycles. The van der Waals surface area contributed by atoms with E-state index in [2.05, 4.69) is 11.2 Å². The highest BCUT2D eigenvalue weighted by atomic mass is 16.2. The molecule has 1 aliphatic rings. The number of aromatic nitrogens is 4. The standard InChI is InChI=1S/C29H27N5O2/c1-32-15-11-19-16-20(6-8-22(19)29(32)36)25-18-24(27-10-12-30-33(27)2)23-9-7-21(17-26(23)31-25)28(35)34-13-4-3-5-14-34/h6-12,15-18H,3-5,13-14H2,1-2H3. The number of pyridine rings is 2. The maximum absolute atomic E-state index is 13.2. The van der Waals surface area contributed by atoms with Gasteiger partial charge in [0.25, 0.3) is 11.5 Å². The van der Waals surface area contributed by atoms with Crippen molar-refractivity contribution in [2.75, 3.05) is 13.1 Å². The van der Waals surface area contributed by atoms with Crippen molar-refractivity contribution in [1.82, 2.24) is 24.2 Å². The van der Waals surface area contributed by atoms with E-state index >= 15 is 0 Å². The van der Waals surface area contributed by atoms with Gasteiger partial charge in [0.15, 0.2) is 0 Å². The van der Waals surface area contributed by atoms with E-state index < -0.39 is 0 Å². The van der Waals surface area contributed by atoms with Gasteiger partial charge < -0.3 is 9.47 Å². The number of likely N-dealkylation sites (tertiary alicyclic amines) is 1. The molecule has 1 amide bonds. The van der Waals surface area contributed by atoms with Gasteiger partial charge in [-0.05, 0) is 67.1 Å². The van der Waals surface area contributed by atoms with Crippen molar-refractivity contribution in [3.05, 3.63) is 82.9 Å². The van der Waals surface area contributed by atoms with Gasteiger partial charge in [0.05, 0.1) is 16.9 Å². The lowest BCUT2D eigenvalue weighted by atomic mass is 9.99. The Bertz CT molecular complexity index is 1690. The smallest absolute Gasteiger partial charge is 0.258 e. The number of rotatable bonds is 3. The highest BCUT2D eigenvalue weighted by molar-refractivity contribution is 6.02. The van der Waals surface area contributed by atoms with Crippen LogP contribution in [0.4, 0.5) is 0 Å². The third-order valence-corrected chi connectivity index (χ3v) is 7.17. The van der Waals surface area contributed by atoms with E-state index in [1.165, 1.54) is 6.42 Å². The van der Waals surface area contributed by atoms with Gasteiger partial charge in [-0.2, -0.15) is 5.10 Å². The molecule has 0 radical (unpaired) electrons. The molecule has 2 aromatic carbocycles. The highest BCUT2D eigenvalue weighted by Crippen LogP contribution is 2.33. The number of carbonyl (C=O) groups excluding carboxylic acids is 1. The molecule has 180 valence electrons. The molecule has 6 rings (SSSR count). The molecule has 4 heterocycles. The van der Waals surface area contributed by atoms with E-state index in [1.54, 1.807) is 24.0 Å². The fourth-order valence-electron chi connectivity index (χ4n) is 5.14.